The van der Waals surface area contributed by atoms with E-state index in [9.17, 15) is 22.8 Å². The normalized spacial score (nSPS) is 10.6. The Kier molecular flexibility index (Phi) is 5.44. The minimum absolute atomic E-state index is 0. The maximum absolute atomic E-state index is 11.8. The number of rotatable bonds is 3. The average Bonchev–Trinajstić information content (AvgIpc) is 2.53. The molecule has 0 amide bonds. The smallest absolute Gasteiger partial charge is 0.293 e. The molecule has 0 saturated heterocycles. The maximum Gasteiger partial charge on any atom is 0.450 e. The Balaban J connectivity index is 0.00000196. The molecular weight excluding hydrogens is 325 g/mol. The van der Waals surface area contributed by atoms with Crippen LogP contribution in [-0.2, 0) is 27.2 Å². The molecule has 1 rings (SSSR count). The standard InChI is InChI=1S/C8H5F3O2S.Ag/c9-8(10,11)7(13)4-5(12)6-2-1-3-14-6;/h1-3H,4H2;. The van der Waals surface area contributed by atoms with Gasteiger partial charge in [0.1, 0.15) is 0 Å². The second kappa shape index (κ2) is 5.60. The molecule has 0 aliphatic carbocycles. The molecule has 7 heteroatoms. The third kappa shape index (κ3) is 4.29. The molecule has 0 aromatic carbocycles. The minimum atomic E-state index is -4.92. The van der Waals surface area contributed by atoms with Gasteiger partial charge in [-0.2, -0.15) is 13.2 Å². The largest absolute Gasteiger partial charge is 0.450 e. The minimum Gasteiger partial charge on any atom is -0.293 e. The van der Waals surface area contributed by atoms with Gasteiger partial charge in [-0.15, -0.1) is 11.3 Å². The number of carbonyl (C=O) groups excluding carboxylic acids is 2. The molecule has 87 valence electrons. The SMILES string of the molecule is O=C(CC(=O)C(F)(F)F)c1cccs1.[Ag]. The Morgan fingerprint density at radius 3 is 2.33 bits per heavy atom. The first-order chi connectivity index (χ1) is 6.41. The summed E-state index contributed by atoms with van der Waals surface area (Å²) >= 11 is 1.01. The summed E-state index contributed by atoms with van der Waals surface area (Å²) in [6.07, 6.45) is -6.03. The van der Waals surface area contributed by atoms with Crippen molar-refractivity contribution in [1.82, 2.24) is 0 Å². The first kappa shape index (κ1) is 14.6. The molecule has 0 spiro atoms. The topological polar surface area (TPSA) is 34.1 Å². The first-order valence-corrected chi connectivity index (χ1v) is 4.46. The van der Waals surface area contributed by atoms with E-state index in [2.05, 4.69) is 0 Å². The van der Waals surface area contributed by atoms with Crippen LogP contribution in [0.4, 0.5) is 13.2 Å². The molecule has 15 heavy (non-hydrogen) atoms. The van der Waals surface area contributed by atoms with Crippen LogP contribution in [-0.4, -0.2) is 17.7 Å². The fourth-order valence-corrected chi connectivity index (χ4v) is 1.43. The van der Waals surface area contributed by atoms with E-state index in [4.69, 9.17) is 0 Å². The first-order valence-electron chi connectivity index (χ1n) is 3.58. The Labute approximate surface area is 103 Å². The summed E-state index contributed by atoms with van der Waals surface area (Å²) in [7, 11) is 0. The molecule has 1 aromatic heterocycles. The second-order valence-electron chi connectivity index (χ2n) is 2.50. The molecule has 0 unspecified atom stereocenters. The third-order valence-corrected chi connectivity index (χ3v) is 2.34. The van der Waals surface area contributed by atoms with E-state index >= 15 is 0 Å². The summed E-state index contributed by atoms with van der Waals surface area (Å²) in [5, 5.41) is 1.56. The number of halogens is 3. The van der Waals surface area contributed by atoms with Crippen molar-refractivity contribution in [2.75, 3.05) is 0 Å². The Bertz CT molecular complexity index is 345. The summed E-state index contributed by atoms with van der Waals surface area (Å²) in [6, 6.07) is 2.92. The summed E-state index contributed by atoms with van der Waals surface area (Å²) < 4.78 is 35.3. The van der Waals surface area contributed by atoms with Gasteiger partial charge in [0.05, 0.1) is 11.3 Å². The van der Waals surface area contributed by atoms with Gasteiger partial charge in [0.2, 0.25) is 5.78 Å². The number of ketones is 2. The molecule has 0 atom stereocenters. The van der Waals surface area contributed by atoms with Gasteiger partial charge >= 0.3 is 6.18 Å². The Morgan fingerprint density at radius 1 is 1.33 bits per heavy atom. The van der Waals surface area contributed by atoms with Crippen LogP contribution in [0.5, 0.6) is 0 Å². The van der Waals surface area contributed by atoms with E-state index in [0.717, 1.165) is 11.3 Å². The maximum atomic E-state index is 11.8. The van der Waals surface area contributed by atoms with Crippen LogP contribution >= 0.6 is 11.3 Å². The summed E-state index contributed by atoms with van der Waals surface area (Å²) in [5.41, 5.74) is 0. The van der Waals surface area contributed by atoms with Gasteiger partial charge < -0.3 is 0 Å². The van der Waals surface area contributed by atoms with E-state index in [1.54, 1.807) is 5.38 Å². The zero-order valence-electron chi connectivity index (χ0n) is 7.10. The van der Waals surface area contributed by atoms with Gasteiger partial charge in [-0.3, -0.25) is 9.59 Å². The molecule has 0 bridgehead atoms. The third-order valence-electron chi connectivity index (χ3n) is 1.43. The van der Waals surface area contributed by atoms with Crippen molar-refractivity contribution < 1.29 is 45.1 Å². The molecule has 0 saturated carbocycles. The Morgan fingerprint density at radius 2 is 1.93 bits per heavy atom. The quantitative estimate of drug-likeness (QED) is 0.485. The van der Waals surface area contributed by atoms with Crippen molar-refractivity contribution in [2.45, 2.75) is 12.6 Å². The van der Waals surface area contributed by atoms with Crippen molar-refractivity contribution >= 4 is 22.9 Å². The van der Waals surface area contributed by atoms with E-state index in [1.807, 2.05) is 0 Å². The number of hydrogen-bond donors (Lipinski definition) is 0. The zero-order valence-corrected chi connectivity index (χ0v) is 9.40. The number of alkyl halides is 3. The molecule has 2 nitrogen and oxygen atoms in total. The Hall–Kier alpha value is -0.430. The van der Waals surface area contributed by atoms with Crippen molar-refractivity contribution in [2.24, 2.45) is 0 Å². The van der Waals surface area contributed by atoms with Gasteiger partial charge in [-0.05, 0) is 11.4 Å². The van der Waals surface area contributed by atoms with Gasteiger partial charge in [0, 0.05) is 22.4 Å². The predicted molar refractivity (Wildman–Crippen MR) is 44.3 cm³/mol. The van der Waals surface area contributed by atoms with Crippen LogP contribution in [0.1, 0.15) is 16.1 Å². The van der Waals surface area contributed by atoms with Crippen molar-refractivity contribution in [3.05, 3.63) is 22.4 Å². The van der Waals surface area contributed by atoms with E-state index in [1.165, 1.54) is 12.1 Å². The van der Waals surface area contributed by atoms with Crippen LogP contribution in [0.15, 0.2) is 17.5 Å². The number of Topliss-reactive ketones (excluding diaryl/α,β-unsaturated/α-hetero) is 2. The monoisotopic (exact) mass is 329 g/mol. The fraction of sp³-hybridized carbons (Fsp3) is 0.250. The van der Waals surface area contributed by atoms with Gasteiger partial charge in [-0.1, -0.05) is 6.07 Å². The second-order valence-corrected chi connectivity index (χ2v) is 3.45. The van der Waals surface area contributed by atoms with Crippen LogP contribution in [0.2, 0.25) is 0 Å². The van der Waals surface area contributed by atoms with Crippen molar-refractivity contribution in [3.8, 4) is 0 Å². The van der Waals surface area contributed by atoms with Gasteiger partial charge in [0.25, 0.3) is 0 Å². The van der Waals surface area contributed by atoms with Crippen molar-refractivity contribution in [1.29, 1.82) is 0 Å². The number of thiophene rings is 1. The van der Waals surface area contributed by atoms with E-state index in [-0.39, 0.29) is 27.3 Å². The van der Waals surface area contributed by atoms with E-state index < -0.39 is 24.2 Å². The van der Waals surface area contributed by atoms with Gasteiger partial charge in [0.15, 0.2) is 5.78 Å². The summed E-state index contributed by atoms with van der Waals surface area (Å²) in [6.45, 7) is 0. The molecule has 0 fully saturated rings. The number of hydrogen-bond acceptors (Lipinski definition) is 3. The molecule has 0 N–H and O–H groups in total. The molecule has 1 aromatic rings. The van der Waals surface area contributed by atoms with Crippen molar-refractivity contribution in [3.63, 3.8) is 0 Å². The fourth-order valence-electron chi connectivity index (χ4n) is 0.770. The van der Waals surface area contributed by atoms with Crippen LogP contribution < -0.4 is 0 Å². The van der Waals surface area contributed by atoms with Gasteiger partial charge in [-0.25, -0.2) is 0 Å². The predicted octanol–water partition coefficient (Wildman–Crippen LogP) is 2.45. The average molecular weight is 330 g/mol. The molecule has 1 heterocycles. The van der Waals surface area contributed by atoms with Crippen LogP contribution in [0.25, 0.3) is 0 Å². The zero-order chi connectivity index (χ0) is 10.8. The molecule has 0 aliphatic rings. The summed E-state index contributed by atoms with van der Waals surface area (Å²) in [4.78, 5) is 21.7. The van der Waals surface area contributed by atoms with Crippen LogP contribution in [0, 0.1) is 0 Å². The molecule has 0 aliphatic heterocycles. The van der Waals surface area contributed by atoms with E-state index in [0.29, 0.717) is 0 Å². The molecule has 1 radical (unpaired) electrons. The van der Waals surface area contributed by atoms with Crippen LogP contribution in [0.3, 0.4) is 0 Å². The summed E-state index contributed by atoms with van der Waals surface area (Å²) in [5.74, 6) is -2.79. The number of carbonyl (C=O) groups is 2. The molecular formula is C8H5AgF3O2S.